The fourth-order valence-corrected chi connectivity index (χ4v) is 3.45. The smallest absolute Gasteiger partial charge is 0.342 e. The number of anilines is 1. The maximum Gasteiger partial charge on any atom is 0.471 e. The van der Waals surface area contributed by atoms with E-state index in [1.165, 1.54) is 13.0 Å². The number of benzene rings is 1. The number of carbonyl (C=O) groups is 2. The highest BCUT2D eigenvalue weighted by molar-refractivity contribution is 6.00. The molecule has 0 bridgehead atoms. The van der Waals surface area contributed by atoms with Gasteiger partial charge < -0.3 is 9.80 Å². The van der Waals surface area contributed by atoms with Crippen molar-refractivity contribution < 1.29 is 22.8 Å². The summed E-state index contributed by atoms with van der Waals surface area (Å²) in [5.41, 5.74) is 0.426. The lowest BCUT2D eigenvalue weighted by atomic mass is 9.81. The first-order chi connectivity index (χ1) is 10.2. The third-order valence-corrected chi connectivity index (χ3v) is 4.51. The molecule has 1 spiro atoms. The number of halogens is 3. The molecule has 1 aromatic carbocycles. The predicted molar refractivity (Wildman–Crippen MR) is 73.4 cm³/mol. The molecule has 1 aromatic rings. The molecule has 2 amide bonds. The van der Waals surface area contributed by atoms with Crippen LogP contribution in [0.15, 0.2) is 24.3 Å². The Balaban J connectivity index is 2.00. The normalized spacial score (nSPS) is 24.0. The van der Waals surface area contributed by atoms with Crippen LogP contribution >= 0.6 is 0 Å². The molecule has 1 atom stereocenters. The summed E-state index contributed by atoms with van der Waals surface area (Å²) in [6, 6.07) is 6.65. The van der Waals surface area contributed by atoms with Gasteiger partial charge in [0.2, 0.25) is 5.91 Å². The van der Waals surface area contributed by atoms with Crippen LogP contribution in [-0.2, 0) is 15.0 Å². The Morgan fingerprint density at radius 2 is 1.86 bits per heavy atom. The zero-order valence-corrected chi connectivity index (χ0v) is 12.0. The highest BCUT2D eigenvalue weighted by Gasteiger charge is 2.53. The largest absolute Gasteiger partial charge is 0.471 e. The van der Waals surface area contributed by atoms with E-state index >= 15 is 0 Å². The van der Waals surface area contributed by atoms with Crippen molar-refractivity contribution >= 4 is 17.5 Å². The van der Waals surface area contributed by atoms with Gasteiger partial charge in [-0.2, -0.15) is 13.2 Å². The van der Waals surface area contributed by atoms with Crippen molar-refractivity contribution in [2.24, 2.45) is 0 Å². The summed E-state index contributed by atoms with van der Waals surface area (Å²) in [4.78, 5) is 25.7. The molecule has 0 aliphatic carbocycles. The van der Waals surface area contributed by atoms with Crippen LogP contribution in [0.2, 0.25) is 0 Å². The molecule has 2 heterocycles. The van der Waals surface area contributed by atoms with Crippen LogP contribution in [0.1, 0.15) is 18.9 Å². The van der Waals surface area contributed by atoms with Crippen molar-refractivity contribution in [3.8, 4) is 0 Å². The van der Waals surface area contributed by atoms with E-state index in [0.29, 0.717) is 25.2 Å². The Morgan fingerprint density at radius 3 is 2.45 bits per heavy atom. The van der Waals surface area contributed by atoms with Gasteiger partial charge in [0.15, 0.2) is 0 Å². The summed E-state index contributed by atoms with van der Waals surface area (Å²) in [5, 5.41) is 0. The minimum absolute atomic E-state index is 0.0333. The summed E-state index contributed by atoms with van der Waals surface area (Å²) in [7, 11) is 0. The standard InChI is InChI=1S/C15H15F3N2O2/c1-10(21)19-7-6-14(8-19)9-20(13(22)15(16,17)18)12-5-3-2-4-11(12)14/h2-5H,6-9H2,1H3. The summed E-state index contributed by atoms with van der Waals surface area (Å²) in [5.74, 6) is -1.95. The van der Waals surface area contributed by atoms with E-state index in [2.05, 4.69) is 0 Å². The van der Waals surface area contributed by atoms with Crippen molar-refractivity contribution in [3.63, 3.8) is 0 Å². The SMILES string of the molecule is CC(=O)N1CCC2(C1)CN(C(=O)C(F)(F)F)c1ccccc12. The molecule has 7 heteroatoms. The van der Waals surface area contributed by atoms with Crippen LogP contribution in [0.25, 0.3) is 0 Å². The number of hydrogen-bond acceptors (Lipinski definition) is 2. The Labute approximate surface area is 125 Å². The van der Waals surface area contributed by atoms with E-state index in [9.17, 15) is 22.8 Å². The number of nitrogens with zero attached hydrogens (tertiary/aromatic N) is 2. The van der Waals surface area contributed by atoms with E-state index < -0.39 is 17.5 Å². The van der Waals surface area contributed by atoms with Crippen LogP contribution in [0, 0.1) is 0 Å². The average Bonchev–Trinajstić information content (AvgIpc) is 3.01. The highest BCUT2D eigenvalue weighted by Crippen LogP contribution is 2.47. The number of carbonyl (C=O) groups excluding carboxylic acids is 2. The first-order valence-electron chi connectivity index (χ1n) is 6.98. The molecule has 2 aliphatic heterocycles. The molecule has 0 saturated carbocycles. The number of fused-ring (bicyclic) bond motifs is 2. The molecule has 4 nitrogen and oxygen atoms in total. The average molecular weight is 312 g/mol. The lowest BCUT2D eigenvalue weighted by Crippen LogP contribution is -2.44. The van der Waals surface area contributed by atoms with Crippen molar-refractivity contribution in [1.29, 1.82) is 0 Å². The topological polar surface area (TPSA) is 40.6 Å². The molecule has 0 N–H and O–H groups in total. The number of likely N-dealkylation sites (tertiary alicyclic amines) is 1. The number of para-hydroxylation sites is 1. The second-order valence-corrected chi connectivity index (χ2v) is 5.88. The second-order valence-electron chi connectivity index (χ2n) is 5.88. The maximum atomic E-state index is 12.8. The number of alkyl halides is 3. The van der Waals surface area contributed by atoms with E-state index in [-0.39, 0.29) is 12.5 Å². The third kappa shape index (κ3) is 2.15. The lowest BCUT2D eigenvalue weighted by Gasteiger charge is -2.25. The Bertz CT molecular complexity index is 644. The third-order valence-electron chi connectivity index (χ3n) is 4.51. The molecule has 0 radical (unpaired) electrons. The predicted octanol–water partition coefficient (Wildman–Crippen LogP) is 2.09. The van der Waals surface area contributed by atoms with E-state index in [1.807, 2.05) is 0 Å². The quantitative estimate of drug-likeness (QED) is 0.736. The monoisotopic (exact) mass is 312 g/mol. The molecular weight excluding hydrogens is 297 g/mol. The molecule has 22 heavy (non-hydrogen) atoms. The van der Waals surface area contributed by atoms with Gasteiger partial charge in [0.1, 0.15) is 0 Å². The summed E-state index contributed by atoms with van der Waals surface area (Å²) in [6.07, 6.45) is -4.34. The van der Waals surface area contributed by atoms with Gasteiger partial charge in [0, 0.05) is 37.7 Å². The van der Waals surface area contributed by atoms with Crippen LogP contribution in [0.4, 0.5) is 18.9 Å². The van der Waals surface area contributed by atoms with Crippen molar-refractivity contribution in [3.05, 3.63) is 29.8 Å². The molecular formula is C15H15F3N2O2. The molecule has 2 aliphatic rings. The van der Waals surface area contributed by atoms with Gasteiger partial charge in [0.25, 0.3) is 0 Å². The van der Waals surface area contributed by atoms with Gasteiger partial charge >= 0.3 is 12.1 Å². The van der Waals surface area contributed by atoms with Crippen LogP contribution in [0.3, 0.4) is 0 Å². The van der Waals surface area contributed by atoms with Crippen LogP contribution < -0.4 is 4.90 Å². The summed E-state index contributed by atoms with van der Waals surface area (Å²) >= 11 is 0. The molecule has 1 unspecified atom stereocenters. The van der Waals surface area contributed by atoms with Gasteiger partial charge in [-0.3, -0.25) is 9.59 Å². The molecule has 118 valence electrons. The zero-order valence-electron chi connectivity index (χ0n) is 12.0. The Morgan fingerprint density at radius 1 is 1.18 bits per heavy atom. The van der Waals surface area contributed by atoms with Crippen molar-refractivity contribution in [2.75, 3.05) is 24.5 Å². The minimum Gasteiger partial charge on any atom is -0.342 e. The first kappa shape index (κ1) is 14.9. The fourth-order valence-electron chi connectivity index (χ4n) is 3.45. The van der Waals surface area contributed by atoms with Gasteiger partial charge in [-0.25, -0.2) is 0 Å². The first-order valence-corrected chi connectivity index (χ1v) is 6.98. The van der Waals surface area contributed by atoms with Crippen LogP contribution in [-0.4, -0.2) is 42.5 Å². The number of rotatable bonds is 0. The molecule has 0 aromatic heterocycles. The van der Waals surface area contributed by atoms with Gasteiger partial charge in [0.05, 0.1) is 0 Å². The zero-order chi connectivity index (χ0) is 16.1. The number of amides is 2. The molecule has 3 rings (SSSR count). The van der Waals surface area contributed by atoms with E-state index in [1.54, 1.807) is 23.1 Å². The number of hydrogen-bond donors (Lipinski definition) is 0. The minimum atomic E-state index is -4.91. The van der Waals surface area contributed by atoms with E-state index in [0.717, 1.165) is 10.5 Å². The highest BCUT2D eigenvalue weighted by atomic mass is 19.4. The maximum absolute atomic E-state index is 12.8. The Kier molecular flexibility index (Phi) is 3.19. The second kappa shape index (κ2) is 4.72. The van der Waals surface area contributed by atoms with Crippen molar-refractivity contribution in [1.82, 2.24) is 4.90 Å². The lowest BCUT2D eigenvalue weighted by molar-refractivity contribution is -0.170. The Hall–Kier alpha value is -2.05. The summed E-state index contributed by atoms with van der Waals surface area (Å²) in [6.45, 7) is 2.26. The summed E-state index contributed by atoms with van der Waals surface area (Å²) < 4.78 is 38.5. The molecule has 1 saturated heterocycles. The fraction of sp³-hybridized carbons (Fsp3) is 0.467. The van der Waals surface area contributed by atoms with Crippen molar-refractivity contribution in [2.45, 2.75) is 24.9 Å². The van der Waals surface area contributed by atoms with E-state index in [4.69, 9.17) is 0 Å². The van der Waals surface area contributed by atoms with Gasteiger partial charge in [-0.05, 0) is 18.1 Å². The van der Waals surface area contributed by atoms with Gasteiger partial charge in [-0.15, -0.1) is 0 Å². The molecule has 1 fully saturated rings. The van der Waals surface area contributed by atoms with Crippen LogP contribution in [0.5, 0.6) is 0 Å². The van der Waals surface area contributed by atoms with Gasteiger partial charge in [-0.1, -0.05) is 18.2 Å².